The van der Waals surface area contributed by atoms with Gasteiger partial charge in [-0.05, 0) is 13.0 Å². The minimum absolute atomic E-state index is 0.139. The normalized spacial score (nSPS) is 11.2. The van der Waals surface area contributed by atoms with Crippen LogP contribution in [0.15, 0.2) is 36.0 Å². The first kappa shape index (κ1) is 14.7. The number of aromatic nitrogens is 5. The van der Waals surface area contributed by atoms with Crippen molar-refractivity contribution in [2.45, 2.75) is 13.5 Å². The van der Waals surface area contributed by atoms with Crippen LogP contribution in [0.25, 0.3) is 21.9 Å². The zero-order chi connectivity index (χ0) is 16.7. The fourth-order valence-electron chi connectivity index (χ4n) is 2.50. The second kappa shape index (κ2) is 5.64. The molecule has 0 spiro atoms. The van der Waals surface area contributed by atoms with Crippen molar-refractivity contribution in [3.8, 4) is 10.7 Å². The summed E-state index contributed by atoms with van der Waals surface area (Å²) in [6, 6.07) is 6.62. The van der Waals surface area contributed by atoms with Crippen molar-refractivity contribution in [3.05, 3.63) is 53.0 Å². The van der Waals surface area contributed by atoms with Crippen molar-refractivity contribution in [1.82, 2.24) is 24.5 Å². The molecule has 3 heterocycles. The van der Waals surface area contributed by atoms with Gasteiger partial charge in [-0.25, -0.2) is 19.3 Å². The molecule has 0 saturated carbocycles. The van der Waals surface area contributed by atoms with Crippen molar-refractivity contribution in [1.29, 1.82) is 0 Å². The lowest BCUT2D eigenvalue weighted by atomic mass is 10.2. The molecule has 1 aromatic carbocycles. The van der Waals surface area contributed by atoms with Gasteiger partial charge in [0.2, 0.25) is 5.95 Å². The van der Waals surface area contributed by atoms with Gasteiger partial charge in [0.05, 0.1) is 12.9 Å². The molecule has 8 heteroatoms. The topological polar surface area (TPSA) is 82.5 Å². The standard InChI is InChI=1S/C16H13FN6S/c1-9-7-24-15(20-9)13-12-14(22-16(18)21-13)23(8-19-12)6-10-4-2-3-5-11(10)17/h2-5,7-8H,6H2,1H3,(H2,18,21,22). The van der Waals surface area contributed by atoms with E-state index >= 15 is 0 Å². The lowest BCUT2D eigenvalue weighted by Gasteiger charge is -2.06. The van der Waals surface area contributed by atoms with Gasteiger partial charge in [-0.3, -0.25) is 0 Å². The second-order valence-electron chi connectivity index (χ2n) is 5.36. The fourth-order valence-corrected chi connectivity index (χ4v) is 3.28. The number of benzene rings is 1. The summed E-state index contributed by atoms with van der Waals surface area (Å²) in [4.78, 5) is 17.4. The van der Waals surface area contributed by atoms with Crippen molar-refractivity contribution in [2.24, 2.45) is 0 Å². The minimum atomic E-state index is -0.267. The predicted octanol–water partition coefficient (Wildman–Crippen LogP) is 3.03. The van der Waals surface area contributed by atoms with Gasteiger partial charge in [-0.15, -0.1) is 11.3 Å². The molecule has 0 unspecified atom stereocenters. The Bertz CT molecular complexity index is 1040. The largest absolute Gasteiger partial charge is 0.368 e. The van der Waals surface area contributed by atoms with E-state index in [0.29, 0.717) is 29.0 Å². The summed E-state index contributed by atoms with van der Waals surface area (Å²) >= 11 is 1.48. The Balaban J connectivity index is 1.85. The highest BCUT2D eigenvalue weighted by Crippen LogP contribution is 2.28. The maximum atomic E-state index is 13.9. The molecular formula is C16H13FN6S. The summed E-state index contributed by atoms with van der Waals surface area (Å²) in [6.45, 7) is 2.23. The summed E-state index contributed by atoms with van der Waals surface area (Å²) < 4.78 is 15.7. The number of nitrogens with zero attached hydrogens (tertiary/aromatic N) is 5. The molecule has 0 radical (unpaired) electrons. The van der Waals surface area contributed by atoms with Crippen LogP contribution >= 0.6 is 11.3 Å². The number of fused-ring (bicyclic) bond motifs is 1. The van der Waals surface area contributed by atoms with Gasteiger partial charge in [-0.2, -0.15) is 4.98 Å². The zero-order valence-corrected chi connectivity index (χ0v) is 13.6. The Morgan fingerprint density at radius 3 is 2.79 bits per heavy atom. The summed E-state index contributed by atoms with van der Waals surface area (Å²) in [5.74, 6) is -0.127. The predicted molar refractivity (Wildman–Crippen MR) is 91.1 cm³/mol. The number of aryl methyl sites for hydroxylation is 1. The van der Waals surface area contributed by atoms with Crippen molar-refractivity contribution in [3.63, 3.8) is 0 Å². The number of rotatable bonds is 3. The Labute approximate surface area is 140 Å². The Morgan fingerprint density at radius 1 is 1.21 bits per heavy atom. The molecule has 4 aromatic rings. The molecule has 0 saturated heterocycles. The zero-order valence-electron chi connectivity index (χ0n) is 12.8. The minimum Gasteiger partial charge on any atom is -0.368 e. The molecule has 0 bridgehead atoms. The van der Waals surface area contributed by atoms with Gasteiger partial charge in [0.25, 0.3) is 0 Å². The SMILES string of the molecule is Cc1csc(-c2nc(N)nc3c2ncn3Cc2ccccc2F)n1. The average molecular weight is 340 g/mol. The number of nitrogens with two attached hydrogens (primary N) is 1. The first-order chi connectivity index (χ1) is 11.6. The van der Waals surface area contributed by atoms with Crippen molar-refractivity contribution in [2.75, 3.05) is 5.73 Å². The van der Waals surface area contributed by atoms with Crippen molar-refractivity contribution >= 4 is 28.4 Å². The number of anilines is 1. The smallest absolute Gasteiger partial charge is 0.222 e. The third-order valence-corrected chi connectivity index (χ3v) is 4.57. The van der Waals surface area contributed by atoms with E-state index in [1.54, 1.807) is 29.1 Å². The first-order valence-corrected chi connectivity index (χ1v) is 8.14. The van der Waals surface area contributed by atoms with E-state index in [-0.39, 0.29) is 11.8 Å². The molecule has 0 atom stereocenters. The van der Waals surface area contributed by atoms with Gasteiger partial charge < -0.3 is 10.3 Å². The quantitative estimate of drug-likeness (QED) is 0.620. The molecule has 0 amide bonds. The van der Waals surface area contributed by atoms with E-state index in [2.05, 4.69) is 19.9 Å². The van der Waals surface area contributed by atoms with E-state index in [1.165, 1.54) is 17.4 Å². The van der Waals surface area contributed by atoms with Gasteiger partial charge in [0.1, 0.15) is 22.0 Å². The van der Waals surface area contributed by atoms with Crippen LogP contribution in [0, 0.1) is 12.7 Å². The molecule has 120 valence electrons. The highest BCUT2D eigenvalue weighted by atomic mass is 32.1. The van der Waals surface area contributed by atoms with E-state index in [0.717, 1.165) is 10.7 Å². The number of hydrogen-bond donors (Lipinski definition) is 1. The number of halogens is 1. The highest BCUT2D eigenvalue weighted by molar-refractivity contribution is 7.13. The maximum Gasteiger partial charge on any atom is 0.222 e. The highest BCUT2D eigenvalue weighted by Gasteiger charge is 2.16. The number of nitrogen functional groups attached to an aromatic ring is 1. The van der Waals surface area contributed by atoms with E-state index in [1.807, 2.05) is 12.3 Å². The summed E-state index contributed by atoms with van der Waals surface area (Å²) in [5.41, 5.74) is 9.09. The van der Waals surface area contributed by atoms with Gasteiger partial charge in [-0.1, -0.05) is 18.2 Å². The summed E-state index contributed by atoms with van der Waals surface area (Å²) in [5, 5.41) is 2.68. The Morgan fingerprint density at radius 2 is 2.04 bits per heavy atom. The lowest BCUT2D eigenvalue weighted by molar-refractivity contribution is 0.601. The Kier molecular flexibility index (Phi) is 3.46. The molecule has 0 aliphatic carbocycles. The van der Waals surface area contributed by atoms with Gasteiger partial charge >= 0.3 is 0 Å². The molecular weight excluding hydrogens is 327 g/mol. The first-order valence-electron chi connectivity index (χ1n) is 7.26. The maximum absolute atomic E-state index is 13.9. The van der Waals surface area contributed by atoms with Crippen LogP contribution < -0.4 is 5.73 Å². The molecule has 0 aliphatic heterocycles. The van der Waals surface area contributed by atoms with E-state index in [9.17, 15) is 4.39 Å². The van der Waals surface area contributed by atoms with Crippen LogP contribution in [0.1, 0.15) is 11.3 Å². The lowest BCUT2D eigenvalue weighted by Crippen LogP contribution is -2.04. The number of imidazole rings is 1. The summed E-state index contributed by atoms with van der Waals surface area (Å²) in [6.07, 6.45) is 1.62. The average Bonchev–Trinajstić information content (AvgIpc) is 3.16. The molecule has 24 heavy (non-hydrogen) atoms. The van der Waals surface area contributed by atoms with Crippen LogP contribution in [-0.4, -0.2) is 24.5 Å². The second-order valence-corrected chi connectivity index (χ2v) is 6.22. The molecule has 0 fully saturated rings. The van der Waals surface area contributed by atoms with Crippen LogP contribution in [0.4, 0.5) is 10.3 Å². The van der Waals surface area contributed by atoms with Crippen LogP contribution in [0.3, 0.4) is 0 Å². The van der Waals surface area contributed by atoms with Gasteiger partial charge in [0.15, 0.2) is 5.65 Å². The molecule has 2 N–H and O–H groups in total. The molecule has 4 rings (SSSR count). The van der Waals surface area contributed by atoms with Crippen LogP contribution in [0.5, 0.6) is 0 Å². The van der Waals surface area contributed by atoms with Crippen LogP contribution in [-0.2, 0) is 6.54 Å². The van der Waals surface area contributed by atoms with E-state index in [4.69, 9.17) is 5.73 Å². The molecule has 3 aromatic heterocycles. The Hall–Kier alpha value is -2.87. The third-order valence-electron chi connectivity index (χ3n) is 3.60. The monoisotopic (exact) mass is 340 g/mol. The van der Waals surface area contributed by atoms with Gasteiger partial charge in [0, 0.05) is 16.6 Å². The number of thiazole rings is 1. The molecule has 0 aliphatic rings. The third kappa shape index (κ3) is 2.50. The van der Waals surface area contributed by atoms with Crippen molar-refractivity contribution < 1.29 is 4.39 Å². The summed E-state index contributed by atoms with van der Waals surface area (Å²) in [7, 11) is 0. The number of hydrogen-bond acceptors (Lipinski definition) is 6. The molecule has 6 nitrogen and oxygen atoms in total. The fraction of sp³-hybridized carbons (Fsp3) is 0.125. The van der Waals surface area contributed by atoms with E-state index < -0.39 is 0 Å². The van der Waals surface area contributed by atoms with Crippen LogP contribution in [0.2, 0.25) is 0 Å².